The van der Waals surface area contributed by atoms with Crippen LogP contribution >= 0.6 is 0 Å². The molecule has 1 aromatic rings. The second-order valence-corrected chi connectivity index (χ2v) is 3.63. The summed E-state index contributed by atoms with van der Waals surface area (Å²) in [6.07, 6.45) is 2.32. The van der Waals surface area contributed by atoms with E-state index in [0.29, 0.717) is 6.54 Å². The van der Waals surface area contributed by atoms with Crippen molar-refractivity contribution >= 4 is 0 Å². The van der Waals surface area contributed by atoms with E-state index < -0.39 is 0 Å². The van der Waals surface area contributed by atoms with Gasteiger partial charge in [0.2, 0.25) is 0 Å². The molecule has 0 bridgehead atoms. The molecule has 14 heavy (non-hydrogen) atoms. The van der Waals surface area contributed by atoms with Crippen molar-refractivity contribution in [3.63, 3.8) is 0 Å². The van der Waals surface area contributed by atoms with Crippen molar-refractivity contribution in [3.05, 3.63) is 35.1 Å². The number of hydrogen-bond acceptors (Lipinski definition) is 1. The molecule has 0 fully saturated rings. The van der Waals surface area contributed by atoms with Gasteiger partial charge in [-0.15, -0.1) is 0 Å². The molecule has 1 N–H and O–H groups in total. The molecule has 0 aliphatic rings. The SMILES string of the molecule is CCCCNCc1ccc(C)cc1F. The monoisotopic (exact) mass is 195 g/mol. The fourth-order valence-corrected chi connectivity index (χ4v) is 1.32. The maximum atomic E-state index is 13.3. The molecule has 0 atom stereocenters. The number of aryl methyl sites for hydroxylation is 1. The molecule has 0 spiro atoms. The summed E-state index contributed by atoms with van der Waals surface area (Å²) in [5.74, 6) is -0.103. The first-order chi connectivity index (χ1) is 6.74. The fourth-order valence-electron chi connectivity index (χ4n) is 1.32. The zero-order valence-corrected chi connectivity index (χ0v) is 8.94. The molecule has 0 unspecified atom stereocenters. The maximum absolute atomic E-state index is 13.3. The standard InChI is InChI=1S/C12H18FN/c1-3-4-7-14-9-11-6-5-10(2)8-12(11)13/h5-6,8,14H,3-4,7,9H2,1-2H3. The molecular formula is C12H18FN. The molecule has 0 aliphatic heterocycles. The van der Waals surface area contributed by atoms with Crippen LogP contribution in [0, 0.1) is 12.7 Å². The average Bonchev–Trinajstić information content (AvgIpc) is 2.15. The highest BCUT2D eigenvalue weighted by Gasteiger charge is 2.00. The molecule has 0 saturated carbocycles. The first-order valence-corrected chi connectivity index (χ1v) is 5.19. The molecule has 1 rings (SSSR count). The minimum Gasteiger partial charge on any atom is -0.313 e. The molecule has 1 aromatic carbocycles. The lowest BCUT2D eigenvalue weighted by molar-refractivity contribution is 0.579. The molecule has 2 heteroatoms. The van der Waals surface area contributed by atoms with Crippen molar-refractivity contribution in [1.29, 1.82) is 0 Å². The average molecular weight is 195 g/mol. The van der Waals surface area contributed by atoms with E-state index in [9.17, 15) is 4.39 Å². The largest absolute Gasteiger partial charge is 0.313 e. The van der Waals surface area contributed by atoms with E-state index in [1.807, 2.05) is 19.1 Å². The number of hydrogen-bond donors (Lipinski definition) is 1. The summed E-state index contributed by atoms with van der Waals surface area (Å²) < 4.78 is 13.3. The van der Waals surface area contributed by atoms with Gasteiger partial charge in [0.05, 0.1) is 0 Å². The van der Waals surface area contributed by atoms with Gasteiger partial charge in [-0.1, -0.05) is 25.5 Å². The van der Waals surface area contributed by atoms with Gasteiger partial charge in [-0.3, -0.25) is 0 Å². The van der Waals surface area contributed by atoms with Gasteiger partial charge in [-0.05, 0) is 31.5 Å². The molecule has 0 heterocycles. The summed E-state index contributed by atoms with van der Waals surface area (Å²) in [5, 5.41) is 3.22. The van der Waals surface area contributed by atoms with Gasteiger partial charge in [0.15, 0.2) is 0 Å². The van der Waals surface area contributed by atoms with Crippen molar-refractivity contribution < 1.29 is 4.39 Å². The van der Waals surface area contributed by atoms with Crippen LogP contribution in [0.25, 0.3) is 0 Å². The van der Waals surface area contributed by atoms with Crippen LogP contribution in [0.1, 0.15) is 30.9 Å². The molecule has 78 valence electrons. The minimum absolute atomic E-state index is 0.103. The Hall–Kier alpha value is -0.890. The summed E-state index contributed by atoms with van der Waals surface area (Å²) in [6, 6.07) is 5.38. The van der Waals surface area contributed by atoms with Crippen LogP contribution in [-0.2, 0) is 6.54 Å². The topological polar surface area (TPSA) is 12.0 Å². The van der Waals surface area contributed by atoms with E-state index in [1.165, 1.54) is 6.42 Å². The summed E-state index contributed by atoms with van der Waals surface area (Å²) >= 11 is 0. The molecule has 0 radical (unpaired) electrons. The zero-order chi connectivity index (χ0) is 10.4. The number of benzene rings is 1. The van der Waals surface area contributed by atoms with Crippen LogP contribution in [0.4, 0.5) is 4.39 Å². The molecule has 1 nitrogen and oxygen atoms in total. The van der Waals surface area contributed by atoms with Crippen LogP contribution in [-0.4, -0.2) is 6.54 Å². The first kappa shape index (κ1) is 11.2. The smallest absolute Gasteiger partial charge is 0.127 e. The molecule has 0 saturated heterocycles. The summed E-state index contributed by atoms with van der Waals surface area (Å²) in [6.45, 7) is 5.64. The second kappa shape index (κ2) is 5.76. The Balaban J connectivity index is 2.42. The summed E-state index contributed by atoms with van der Waals surface area (Å²) in [7, 11) is 0. The van der Waals surface area contributed by atoms with Gasteiger partial charge < -0.3 is 5.32 Å². The third-order valence-corrected chi connectivity index (χ3v) is 2.23. The van der Waals surface area contributed by atoms with Crippen molar-refractivity contribution in [2.24, 2.45) is 0 Å². The Labute approximate surface area is 85.3 Å². The Morgan fingerprint density at radius 3 is 2.79 bits per heavy atom. The predicted molar refractivity (Wildman–Crippen MR) is 57.8 cm³/mol. The van der Waals surface area contributed by atoms with E-state index in [-0.39, 0.29) is 5.82 Å². The highest BCUT2D eigenvalue weighted by Crippen LogP contribution is 2.09. The van der Waals surface area contributed by atoms with Gasteiger partial charge in [0.1, 0.15) is 5.82 Å². The normalized spacial score (nSPS) is 10.5. The lowest BCUT2D eigenvalue weighted by atomic mass is 10.1. The Morgan fingerprint density at radius 2 is 2.14 bits per heavy atom. The van der Waals surface area contributed by atoms with E-state index in [4.69, 9.17) is 0 Å². The number of nitrogens with one attached hydrogen (secondary N) is 1. The Morgan fingerprint density at radius 1 is 1.36 bits per heavy atom. The van der Waals surface area contributed by atoms with Gasteiger partial charge in [-0.25, -0.2) is 4.39 Å². The third kappa shape index (κ3) is 3.46. The first-order valence-electron chi connectivity index (χ1n) is 5.19. The third-order valence-electron chi connectivity index (χ3n) is 2.23. The highest BCUT2D eigenvalue weighted by atomic mass is 19.1. The van der Waals surface area contributed by atoms with Gasteiger partial charge in [-0.2, -0.15) is 0 Å². The van der Waals surface area contributed by atoms with E-state index in [1.54, 1.807) is 6.07 Å². The fraction of sp³-hybridized carbons (Fsp3) is 0.500. The van der Waals surface area contributed by atoms with Crippen LogP contribution in [0.2, 0.25) is 0 Å². The summed E-state index contributed by atoms with van der Waals surface area (Å²) in [5.41, 5.74) is 1.73. The van der Waals surface area contributed by atoms with Crippen LogP contribution in [0.15, 0.2) is 18.2 Å². The Kier molecular flexibility index (Phi) is 4.60. The van der Waals surface area contributed by atoms with Crippen molar-refractivity contribution in [1.82, 2.24) is 5.32 Å². The van der Waals surface area contributed by atoms with Gasteiger partial charge in [0, 0.05) is 12.1 Å². The lowest BCUT2D eigenvalue weighted by Gasteiger charge is -2.05. The van der Waals surface area contributed by atoms with Gasteiger partial charge in [0.25, 0.3) is 0 Å². The van der Waals surface area contributed by atoms with E-state index in [0.717, 1.165) is 24.1 Å². The van der Waals surface area contributed by atoms with E-state index in [2.05, 4.69) is 12.2 Å². The predicted octanol–water partition coefficient (Wildman–Crippen LogP) is 3.02. The zero-order valence-electron chi connectivity index (χ0n) is 8.94. The minimum atomic E-state index is -0.103. The number of rotatable bonds is 5. The maximum Gasteiger partial charge on any atom is 0.127 e. The van der Waals surface area contributed by atoms with Gasteiger partial charge >= 0.3 is 0 Å². The number of halogens is 1. The van der Waals surface area contributed by atoms with Crippen LogP contribution in [0.3, 0.4) is 0 Å². The highest BCUT2D eigenvalue weighted by molar-refractivity contribution is 5.23. The van der Waals surface area contributed by atoms with Crippen LogP contribution in [0.5, 0.6) is 0 Å². The molecule has 0 aromatic heterocycles. The van der Waals surface area contributed by atoms with Crippen LogP contribution < -0.4 is 5.32 Å². The van der Waals surface area contributed by atoms with Crippen molar-refractivity contribution in [2.75, 3.05) is 6.54 Å². The quantitative estimate of drug-likeness (QED) is 0.712. The van der Waals surface area contributed by atoms with E-state index >= 15 is 0 Å². The molecular weight excluding hydrogens is 177 g/mol. The molecule has 0 amide bonds. The molecule has 0 aliphatic carbocycles. The lowest BCUT2D eigenvalue weighted by Crippen LogP contribution is -2.15. The second-order valence-electron chi connectivity index (χ2n) is 3.63. The van der Waals surface area contributed by atoms with Crippen molar-refractivity contribution in [3.8, 4) is 0 Å². The summed E-state index contributed by atoms with van der Waals surface area (Å²) in [4.78, 5) is 0. The number of unbranched alkanes of at least 4 members (excludes halogenated alkanes) is 1. The van der Waals surface area contributed by atoms with Crippen molar-refractivity contribution in [2.45, 2.75) is 33.2 Å². The Bertz CT molecular complexity index is 284.